The third-order valence-corrected chi connectivity index (χ3v) is 7.19. The molecule has 1 aromatic heterocycles. The highest BCUT2D eigenvalue weighted by molar-refractivity contribution is 6.30. The SMILES string of the molecule is Cc1ncnc(C)c1OCC(=O)NC12CCC(NC(=O)COc3ccc(Cl)c(F)c3)(CC1)C[C@H]2O. The highest BCUT2D eigenvalue weighted by Crippen LogP contribution is 2.47. The number of ether oxygens (including phenoxy) is 2. The summed E-state index contributed by atoms with van der Waals surface area (Å²) in [4.78, 5) is 33.3. The number of nitrogens with one attached hydrogen (secondary N) is 2. The Bertz CT molecular complexity index is 1100. The smallest absolute Gasteiger partial charge is 0.258 e. The van der Waals surface area contributed by atoms with Gasteiger partial charge in [0, 0.05) is 11.6 Å². The Morgan fingerprint density at radius 1 is 1.09 bits per heavy atom. The number of aliphatic hydroxyl groups is 1. The fourth-order valence-corrected chi connectivity index (χ4v) is 5.07. The average Bonchev–Trinajstić information content (AvgIpc) is 2.81. The lowest BCUT2D eigenvalue weighted by Gasteiger charge is -2.56. The number of benzene rings is 1. The van der Waals surface area contributed by atoms with E-state index in [1.54, 1.807) is 13.8 Å². The summed E-state index contributed by atoms with van der Waals surface area (Å²) in [7, 11) is 0. The number of rotatable bonds is 8. The van der Waals surface area contributed by atoms with Gasteiger partial charge in [-0.15, -0.1) is 0 Å². The van der Waals surface area contributed by atoms with Crippen LogP contribution in [-0.2, 0) is 9.59 Å². The van der Waals surface area contributed by atoms with Gasteiger partial charge in [0.2, 0.25) is 0 Å². The molecule has 2 bridgehead atoms. The molecule has 1 atom stereocenters. The first-order valence-corrected chi connectivity index (χ1v) is 11.8. The summed E-state index contributed by atoms with van der Waals surface area (Å²) in [6.45, 7) is 3.05. The minimum Gasteiger partial charge on any atom is -0.484 e. The molecule has 2 amide bonds. The molecule has 9 nitrogen and oxygen atoms in total. The minimum atomic E-state index is -0.830. The van der Waals surface area contributed by atoms with Crippen LogP contribution in [0.3, 0.4) is 0 Å². The van der Waals surface area contributed by atoms with Crippen LogP contribution in [0.25, 0.3) is 0 Å². The van der Waals surface area contributed by atoms with E-state index in [0.29, 0.717) is 49.2 Å². The van der Waals surface area contributed by atoms with Gasteiger partial charge in [-0.05, 0) is 58.1 Å². The predicted molar refractivity (Wildman–Crippen MR) is 125 cm³/mol. The van der Waals surface area contributed by atoms with E-state index >= 15 is 0 Å². The molecule has 0 saturated heterocycles. The Balaban J connectivity index is 1.29. The topological polar surface area (TPSA) is 123 Å². The molecule has 188 valence electrons. The molecule has 1 heterocycles. The van der Waals surface area contributed by atoms with Gasteiger partial charge in [0.25, 0.3) is 11.8 Å². The lowest BCUT2D eigenvalue weighted by Crippen LogP contribution is -2.70. The third kappa shape index (κ3) is 5.48. The van der Waals surface area contributed by atoms with E-state index in [0.717, 1.165) is 6.07 Å². The van der Waals surface area contributed by atoms with Crippen molar-refractivity contribution in [1.82, 2.24) is 20.6 Å². The van der Waals surface area contributed by atoms with Crippen LogP contribution in [0.5, 0.6) is 11.5 Å². The van der Waals surface area contributed by atoms with Crippen molar-refractivity contribution in [3.8, 4) is 11.5 Å². The molecule has 3 fully saturated rings. The number of hydrogen-bond donors (Lipinski definition) is 3. The van der Waals surface area contributed by atoms with E-state index < -0.39 is 23.0 Å². The van der Waals surface area contributed by atoms with Gasteiger partial charge < -0.3 is 25.2 Å². The second-order valence-corrected chi connectivity index (χ2v) is 9.69. The number of nitrogens with zero attached hydrogens (tertiary/aromatic N) is 2. The molecule has 0 unspecified atom stereocenters. The third-order valence-electron chi connectivity index (χ3n) is 6.88. The maximum absolute atomic E-state index is 13.6. The molecule has 0 radical (unpaired) electrons. The number of carbonyl (C=O) groups excluding carboxylic acids is 2. The number of carbonyl (C=O) groups is 2. The van der Waals surface area contributed by atoms with Gasteiger partial charge in [-0.1, -0.05) is 11.6 Å². The highest BCUT2D eigenvalue weighted by Gasteiger charge is 2.55. The van der Waals surface area contributed by atoms with E-state index in [9.17, 15) is 19.1 Å². The molecular formula is C24H28ClFN4O5. The van der Waals surface area contributed by atoms with Crippen molar-refractivity contribution in [2.75, 3.05) is 13.2 Å². The summed E-state index contributed by atoms with van der Waals surface area (Å²) in [5.41, 5.74) is -0.0559. The summed E-state index contributed by atoms with van der Waals surface area (Å²) in [5, 5.41) is 16.8. The van der Waals surface area contributed by atoms with Gasteiger partial charge in [0.1, 0.15) is 17.9 Å². The van der Waals surface area contributed by atoms with Crippen molar-refractivity contribution in [3.63, 3.8) is 0 Å². The molecule has 0 aliphatic heterocycles. The number of hydrogen-bond acceptors (Lipinski definition) is 7. The van der Waals surface area contributed by atoms with Crippen molar-refractivity contribution < 1.29 is 28.6 Å². The Labute approximate surface area is 207 Å². The Hall–Kier alpha value is -2.98. The second-order valence-electron chi connectivity index (χ2n) is 9.28. The van der Waals surface area contributed by atoms with Crippen molar-refractivity contribution in [1.29, 1.82) is 0 Å². The van der Waals surface area contributed by atoms with Crippen LogP contribution < -0.4 is 20.1 Å². The fraction of sp³-hybridized carbons (Fsp3) is 0.500. The Morgan fingerprint density at radius 2 is 1.71 bits per heavy atom. The van der Waals surface area contributed by atoms with E-state index in [-0.39, 0.29) is 35.8 Å². The van der Waals surface area contributed by atoms with Crippen LogP contribution in [0, 0.1) is 19.7 Å². The van der Waals surface area contributed by atoms with E-state index in [1.807, 2.05) is 0 Å². The normalized spacial score (nSPS) is 25.1. The Kier molecular flexibility index (Phi) is 7.14. The van der Waals surface area contributed by atoms with Crippen LogP contribution in [0.1, 0.15) is 43.5 Å². The molecule has 11 heteroatoms. The summed E-state index contributed by atoms with van der Waals surface area (Å²) in [6.07, 6.45) is 3.12. The van der Waals surface area contributed by atoms with Crippen LogP contribution in [-0.4, -0.2) is 57.3 Å². The largest absolute Gasteiger partial charge is 0.484 e. The molecule has 3 N–H and O–H groups in total. The number of aromatic nitrogens is 2. The summed E-state index contributed by atoms with van der Waals surface area (Å²) >= 11 is 5.66. The first-order valence-electron chi connectivity index (χ1n) is 11.4. The first-order chi connectivity index (χ1) is 16.6. The van der Waals surface area contributed by atoms with Crippen LogP contribution in [0.15, 0.2) is 24.5 Å². The number of fused-ring (bicyclic) bond motifs is 3. The number of halogens is 2. The number of aliphatic hydroxyl groups excluding tert-OH is 1. The fourth-order valence-electron chi connectivity index (χ4n) is 4.95. The van der Waals surface area contributed by atoms with Crippen LogP contribution in [0.4, 0.5) is 4.39 Å². The van der Waals surface area contributed by atoms with Crippen LogP contribution in [0.2, 0.25) is 5.02 Å². The lowest BCUT2D eigenvalue weighted by molar-refractivity contribution is -0.137. The zero-order chi connectivity index (χ0) is 25.2. The van der Waals surface area contributed by atoms with Crippen LogP contribution >= 0.6 is 11.6 Å². The molecule has 5 rings (SSSR count). The van der Waals surface area contributed by atoms with Gasteiger partial charge in [-0.25, -0.2) is 14.4 Å². The predicted octanol–water partition coefficient (Wildman–Crippen LogP) is 2.39. The highest BCUT2D eigenvalue weighted by atomic mass is 35.5. The lowest BCUT2D eigenvalue weighted by atomic mass is 9.60. The average molecular weight is 507 g/mol. The van der Waals surface area contributed by atoms with Gasteiger partial charge in [-0.3, -0.25) is 9.59 Å². The van der Waals surface area contributed by atoms with Crippen molar-refractivity contribution in [3.05, 3.63) is 46.8 Å². The molecule has 3 aliphatic rings. The van der Waals surface area contributed by atoms with Gasteiger partial charge in [-0.2, -0.15) is 0 Å². The summed E-state index contributed by atoms with van der Waals surface area (Å²) < 4.78 is 24.6. The van der Waals surface area contributed by atoms with Gasteiger partial charge in [0.15, 0.2) is 19.0 Å². The van der Waals surface area contributed by atoms with Gasteiger partial charge >= 0.3 is 0 Å². The summed E-state index contributed by atoms with van der Waals surface area (Å²) in [5.74, 6) is -0.664. The molecular weight excluding hydrogens is 479 g/mol. The molecule has 35 heavy (non-hydrogen) atoms. The van der Waals surface area contributed by atoms with E-state index in [1.165, 1.54) is 18.5 Å². The number of aryl methyl sites for hydroxylation is 2. The molecule has 1 aromatic carbocycles. The molecule has 0 spiro atoms. The number of amides is 2. The Morgan fingerprint density at radius 3 is 2.34 bits per heavy atom. The van der Waals surface area contributed by atoms with Crippen molar-refractivity contribution in [2.24, 2.45) is 0 Å². The maximum atomic E-state index is 13.6. The zero-order valence-electron chi connectivity index (χ0n) is 19.6. The van der Waals surface area contributed by atoms with E-state index in [2.05, 4.69) is 20.6 Å². The molecule has 2 aromatic rings. The van der Waals surface area contributed by atoms with Crippen molar-refractivity contribution >= 4 is 23.4 Å². The van der Waals surface area contributed by atoms with Gasteiger partial charge in [0.05, 0.1) is 28.1 Å². The monoisotopic (exact) mass is 506 g/mol. The zero-order valence-corrected chi connectivity index (χ0v) is 20.3. The minimum absolute atomic E-state index is 0.0273. The van der Waals surface area contributed by atoms with E-state index in [4.69, 9.17) is 21.1 Å². The first kappa shape index (κ1) is 25.1. The second kappa shape index (κ2) is 9.94. The maximum Gasteiger partial charge on any atom is 0.258 e. The standard InChI is InChI=1S/C24H28ClFN4O5/c1-14-22(15(2)28-13-27-14)35-12-21(33)30-24-7-5-23(6-8-24,10-19(24)31)29-20(32)11-34-16-3-4-17(25)18(26)9-16/h3-4,9,13,19,31H,5-8,10-12H2,1-2H3,(H,29,32)(H,30,33)/t19-,23?,24?/m1/s1. The van der Waals surface area contributed by atoms with Crippen molar-refractivity contribution in [2.45, 2.75) is 63.1 Å². The molecule has 3 saturated carbocycles. The molecule has 3 aliphatic carbocycles. The quantitative estimate of drug-likeness (QED) is 0.502. The summed E-state index contributed by atoms with van der Waals surface area (Å²) in [6, 6.07) is 3.96.